The molecule has 0 saturated heterocycles. The smallest absolute Gasteiger partial charge is 0.116 e. The molecule has 0 spiro atoms. The second-order valence-corrected chi connectivity index (χ2v) is 7.65. The third-order valence-corrected chi connectivity index (χ3v) is 5.75. The molecule has 5 heteroatoms. The lowest BCUT2D eigenvalue weighted by Crippen LogP contribution is -2.33. The maximum atomic E-state index is 14.2. The lowest BCUT2D eigenvalue weighted by Gasteiger charge is -2.26. The van der Waals surface area contributed by atoms with Gasteiger partial charge in [-0.2, -0.15) is 0 Å². The van der Waals surface area contributed by atoms with Gasteiger partial charge < -0.3 is 10.6 Å². The average Bonchev–Trinajstić information content (AvgIpc) is 2.87. The van der Waals surface area contributed by atoms with E-state index in [4.69, 9.17) is 10.7 Å². The van der Waals surface area contributed by atoms with Crippen LogP contribution < -0.4 is 10.6 Å². The maximum Gasteiger partial charge on any atom is 0.116 e. The Labute approximate surface area is 159 Å². The molecule has 1 aromatic heterocycles. The molecule has 1 aromatic carbocycles. The van der Waals surface area contributed by atoms with Crippen molar-refractivity contribution in [2.45, 2.75) is 37.1 Å². The number of pyridine rings is 1. The van der Waals surface area contributed by atoms with Gasteiger partial charge in [-0.1, -0.05) is 12.1 Å². The molecule has 3 nitrogen and oxygen atoms in total. The van der Waals surface area contributed by atoms with Crippen molar-refractivity contribution < 1.29 is 4.39 Å². The Kier molecular flexibility index (Phi) is 5.99. The van der Waals surface area contributed by atoms with Crippen LogP contribution in [-0.4, -0.2) is 30.4 Å². The number of benzene rings is 1. The zero-order valence-corrected chi connectivity index (χ0v) is 16.4. The van der Waals surface area contributed by atoms with Gasteiger partial charge in [-0.15, -0.1) is 11.8 Å². The van der Waals surface area contributed by atoms with Gasteiger partial charge in [-0.3, -0.25) is 4.98 Å². The number of hydrogen-bond donors (Lipinski definition) is 1. The van der Waals surface area contributed by atoms with Crippen molar-refractivity contribution in [3.05, 3.63) is 65.3 Å². The lowest BCUT2D eigenvalue weighted by molar-refractivity contribution is 0.527. The predicted molar refractivity (Wildman–Crippen MR) is 109 cm³/mol. The Bertz CT molecular complexity index is 806. The molecular weight excluding hydrogens is 345 g/mol. The third-order valence-electron chi connectivity index (χ3n) is 5.03. The van der Waals surface area contributed by atoms with E-state index in [2.05, 4.69) is 48.4 Å². The van der Waals surface area contributed by atoms with E-state index >= 15 is 0 Å². The van der Waals surface area contributed by atoms with Crippen molar-refractivity contribution >= 4 is 17.4 Å². The highest BCUT2D eigenvalue weighted by Gasteiger charge is 2.37. The van der Waals surface area contributed by atoms with Crippen LogP contribution in [0.5, 0.6) is 0 Å². The molecule has 2 N–H and O–H groups in total. The first kappa shape index (κ1) is 18.9. The molecule has 1 aliphatic rings. The third kappa shape index (κ3) is 3.94. The molecule has 1 aliphatic heterocycles. The first-order valence-corrected chi connectivity index (χ1v) is 10.2. The minimum absolute atomic E-state index is 0.175. The number of aromatic nitrogens is 1. The molecule has 2 unspecified atom stereocenters. The van der Waals surface area contributed by atoms with E-state index in [0.717, 1.165) is 23.5 Å². The van der Waals surface area contributed by atoms with E-state index in [-0.39, 0.29) is 30.9 Å². The molecule has 3 rings (SSSR count). The van der Waals surface area contributed by atoms with Crippen molar-refractivity contribution in [2.24, 2.45) is 5.73 Å². The molecule has 0 bridgehead atoms. The number of thioether (sulfide) groups is 1. The summed E-state index contributed by atoms with van der Waals surface area (Å²) >= 11 is 1.75. The highest BCUT2D eigenvalue weighted by atomic mass is 32.2. The fraction of sp³-hybridized carbons (Fsp3) is 0.381. The summed E-state index contributed by atoms with van der Waals surface area (Å²) < 4.78 is 14.2. The number of anilines is 1. The van der Waals surface area contributed by atoms with Gasteiger partial charge in [0.2, 0.25) is 0 Å². The van der Waals surface area contributed by atoms with Crippen LogP contribution >= 0.6 is 11.8 Å². The number of rotatable bonds is 6. The van der Waals surface area contributed by atoms with Crippen LogP contribution in [0.4, 0.5) is 10.1 Å². The van der Waals surface area contributed by atoms with E-state index in [1.807, 2.05) is 13.0 Å². The number of fused-ring (bicyclic) bond motifs is 1. The van der Waals surface area contributed by atoms with Crippen LogP contribution in [0.2, 0.25) is 0 Å². The number of halogens is 1. The number of nitrogens with zero attached hydrogens (tertiary/aromatic N) is 2. The van der Waals surface area contributed by atoms with E-state index in [1.54, 1.807) is 11.8 Å². The summed E-state index contributed by atoms with van der Waals surface area (Å²) in [4.78, 5) is 8.20. The summed E-state index contributed by atoms with van der Waals surface area (Å²) in [6.45, 7) is 4.64. The van der Waals surface area contributed by atoms with Gasteiger partial charge in [0.1, 0.15) is 5.83 Å². The van der Waals surface area contributed by atoms with Crippen LogP contribution in [0.25, 0.3) is 0 Å². The van der Waals surface area contributed by atoms with Gasteiger partial charge >= 0.3 is 0 Å². The van der Waals surface area contributed by atoms with Crippen LogP contribution in [-0.2, 0) is 6.42 Å². The average molecular weight is 372 g/mol. The molecule has 138 valence electrons. The van der Waals surface area contributed by atoms with E-state index < -0.39 is 0 Å². The van der Waals surface area contributed by atoms with Gasteiger partial charge in [0.15, 0.2) is 0 Å². The summed E-state index contributed by atoms with van der Waals surface area (Å²) in [5, 5.41) is 0. The molecule has 0 fully saturated rings. The second-order valence-electron chi connectivity index (χ2n) is 6.77. The Morgan fingerprint density at radius 2 is 2.15 bits per heavy atom. The molecule has 26 heavy (non-hydrogen) atoms. The van der Waals surface area contributed by atoms with Crippen LogP contribution in [0.3, 0.4) is 0 Å². The van der Waals surface area contributed by atoms with Crippen LogP contribution in [0.1, 0.15) is 29.8 Å². The second kappa shape index (κ2) is 8.23. The zero-order chi connectivity index (χ0) is 18.7. The van der Waals surface area contributed by atoms with Gasteiger partial charge in [-0.05, 0) is 62.4 Å². The predicted octanol–water partition coefficient (Wildman–Crippen LogP) is 4.46. The van der Waals surface area contributed by atoms with Gasteiger partial charge in [0.05, 0.1) is 17.9 Å². The first-order valence-electron chi connectivity index (χ1n) is 8.95. The number of nitrogens with two attached hydrogens (primary N) is 1. The van der Waals surface area contributed by atoms with E-state index in [9.17, 15) is 4.39 Å². The molecule has 2 atom stereocenters. The summed E-state index contributed by atoms with van der Waals surface area (Å²) in [6, 6.07) is 12.9. The van der Waals surface area contributed by atoms with Crippen molar-refractivity contribution in [3.8, 4) is 0 Å². The number of hydrogen-bond acceptors (Lipinski definition) is 4. The molecule has 2 heterocycles. The van der Waals surface area contributed by atoms with Crippen molar-refractivity contribution in [3.63, 3.8) is 0 Å². The van der Waals surface area contributed by atoms with Gasteiger partial charge in [0.25, 0.3) is 0 Å². The first-order chi connectivity index (χ1) is 12.5. The summed E-state index contributed by atoms with van der Waals surface area (Å²) in [5.74, 6) is 0.0589. The minimum Gasteiger partial charge on any atom is -0.360 e. The van der Waals surface area contributed by atoms with Crippen LogP contribution in [0, 0.1) is 6.92 Å². The fourth-order valence-electron chi connectivity index (χ4n) is 3.66. The van der Waals surface area contributed by atoms with E-state index in [1.165, 1.54) is 16.5 Å². The molecule has 0 aliphatic carbocycles. The largest absolute Gasteiger partial charge is 0.360 e. The molecule has 0 amide bonds. The summed E-state index contributed by atoms with van der Waals surface area (Å²) in [7, 11) is 0. The monoisotopic (exact) mass is 371 g/mol. The van der Waals surface area contributed by atoms with Gasteiger partial charge in [0, 0.05) is 29.1 Å². The number of aryl methyl sites for hydroxylation is 1. The Hall–Kier alpha value is -1.85. The maximum absolute atomic E-state index is 14.2. The molecule has 0 radical (unpaired) electrons. The SMILES string of the molecule is CSc1cccc(CC2c3nc(C)ccc3N(C/C(F)=C/CN)C2C)c1. The minimum atomic E-state index is -0.184. The normalized spacial score (nSPS) is 19.7. The molecule has 0 saturated carbocycles. The highest BCUT2D eigenvalue weighted by Crippen LogP contribution is 2.42. The summed E-state index contributed by atoms with van der Waals surface area (Å²) in [5.41, 5.74) is 9.87. The van der Waals surface area contributed by atoms with Crippen molar-refractivity contribution in [1.82, 2.24) is 4.98 Å². The topological polar surface area (TPSA) is 42.2 Å². The van der Waals surface area contributed by atoms with Gasteiger partial charge in [-0.25, -0.2) is 4.39 Å². The highest BCUT2D eigenvalue weighted by molar-refractivity contribution is 7.98. The molecule has 2 aromatic rings. The lowest BCUT2D eigenvalue weighted by atomic mass is 9.92. The van der Waals surface area contributed by atoms with Crippen molar-refractivity contribution in [1.29, 1.82) is 0 Å². The van der Waals surface area contributed by atoms with Crippen molar-refractivity contribution in [2.75, 3.05) is 24.2 Å². The Balaban J connectivity index is 1.93. The van der Waals surface area contributed by atoms with E-state index in [0.29, 0.717) is 0 Å². The zero-order valence-electron chi connectivity index (χ0n) is 15.6. The summed E-state index contributed by atoms with van der Waals surface area (Å²) in [6.07, 6.45) is 4.44. The fourth-order valence-corrected chi connectivity index (χ4v) is 4.14. The Morgan fingerprint density at radius 1 is 1.35 bits per heavy atom. The molecular formula is C21H26FN3S. The quantitative estimate of drug-likeness (QED) is 0.762. The van der Waals surface area contributed by atoms with Crippen LogP contribution in [0.15, 0.2) is 53.2 Å². The Morgan fingerprint density at radius 3 is 2.88 bits per heavy atom. The standard InChI is InChI=1S/C21H26FN3S/c1-14-7-8-20-21(24-14)19(12-16-5-4-6-18(11-16)26-3)15(2)25(20)13-17(22)9-10-23/h4-9,11,15,19H,10,12-13,23H2,1-3H3/b17-9-.